The molecule has 0 amide bonds. The summed E-state index contributed by atoms with van der Waals surface area (Å²) < 4.78 is 11.0. The molecule has 1 heterocycles. The third-order valence-electron chi connectivity index (χ3n) is 3.62. The van der Waals surface area contributed by atoms with Gasteiger partial charge in [0, 0.05) is 17.2 Å². The number of anilines is 1. The topological polar surface area (TPSA) is 152 Å². The highest BCUT2D eigenvalue weighted by Gasteiger charge is 2.28. The van der Waals surface area contributed by atoms with Gasteiger partial charge in [-0.3, -0.25) is 4.79 Å². The number of nitrogens with two attached hydrogens (primary N) is 1. The Balaban J connectivity index is 2.86. The molecule has 1 aromatic carbocycles. The van der Waals surface area contributed by atoms with Gasteiger partial charge in [-0.1, -0.05) is 25.3 Å². The van der Waals surface area contributed by atoms with E-state index in [1.54, 1.807) is 0 Å². The molecule has 0 unspecified atom stereocenters. The zero-order valence-corrected chi connectivity index (χ0v) is 14.7. The minimum atomic E-state index is -1.61. The number of hydrogen-bond acceptors (Lipinski definition) is 6. The quantitative estimate of drug-likeness (QED) is 0.478. The number of nitrogen functional groups attached to an aromatic ring is 1. The van der Waals surface area contributed by atoms with E-state index in [1.165, 1.54) is 30.4 Å². The Morgan fingerprint density at radius 1 is 1.07 bits per heavy atom. The highest BCUT2D eigenvalue weighted by atomic mass is 16.5. The van der Waals surface area contributed by atoms with Crippen LogP contribution in [0.15, 0.2) is 48.3 Å². The number of aromatic nitrogens is 1. The van der Waals surface area contributed by atoms with Crippen LogP contribution in [0.5, 0.6) is 11.5 Å². The van der Waals surface area contributed by atoms with E-state index < -0.39 is 34.4 Å². The maximum absolute atomic E-state index is 12.2. The predicted molar refractivity (Wildman–Crippen MR) is 102 cm³/mol. The Kier molecular flexibility index (Phi) is 6.22. The molecule has 0 radical (unpaired) electrons. The molecule has 0 aliphatic carbocycles. The lowest BCUT2D eigenvalue weighted by Crippen LogP contribution is -2.24. The predicted octanol–water partition coefficient (Wildman–Crippen LogP) is 2.15. The monoisotopic (exact) mass is 386 g/mol. The average Bonchev–Trinajstić information content (AvgIpc) is 2.63. The standard InChI is InChI=1S/C19H18N2O7/c1-3-7-27-10-5-6-11(12(9-10)28-8-4-2)13-14(18(23)24)16(20)21-17(22)15(13)19(25)26/h3-6,9H,1-2,7-8H2,(H,23,24)(H,25,26)(H3,20,21,22). The summed E-state index contributed by atoms with van der Waals surface area (Å²) in [6.45, 7) is 7.33. The molecule has 0 saturated heterocycles. The largest absolute Gasteiger partial charge is 0.489 e. The van der Waals surface area contributed by atoms with Gasteiger partial charge in [0.05, 0.1) is 0 Å². The van der Waals surface area contributed by atoms with E-state index in [-0.39, 0.29) is 30.1 Å². The zero-order valence-electron chi connectivity index (χ0n) is 14.7. The number of carbonyl (C=O) groups is 2. The van der Waals surface area contributed by atoms with Crippen molar-refractivity contribution in [1.82, 2.24) is 4.98 Å². The number of pyridine rings is 1. The summed E-state index contributed by atoms with van der Waals surface area (Å²) >= 11 is 0. The fourth-order valence-corrected chi connectivity index (χ4v) is 2.54. The van der Waals surface area contributed by atoms with E-state index in [0.29, 0.717) is 5.75 Å². The number of carboxylic acids is 2. The van der Waals surface area contributed by atoms with Crippen molar-refractivity contribution in [3.63, 3.8) is 0 Å². The van der Waals surface area contributed by atoms with Gasteiger partial charge in [0.2, 0.25) is 0 Å². The van der Waals surface area contributed by atoms with Gasteiger partial charge in [-0.05, 0) is 12.1 Å². The van der Waals surface area contributed by atoms with E-state index in [2.05, 4.69) is 13.2 Å². The van der Waals surface area contributed by atoms with Crippen LogP contribution in [0.4, 0.5) is 5.82 Å². The first-order valence-corrected chi connectivity index (χ1v) is 7.95. The maximum Gasteiger partial charge on any atom is 0.342 e. The summed E-state index contributed by atoms with van der Waals surface area (Å²) in [4.78, 5) is 37.7. The third-order valence-corrected chi connectivity index (χ3v) is 3.62. The minimum Gasteiger partial charge on any atom is -0.489 e. The lowest BCUT2D eigenvalue weighted by atomic mass is 9.94. The van der Waals surface area contributed by atoms with E-state index in [1.807, 2.05) is 4.98 Å². The Labute approximate surface area is 159 Å². The van der Waals surface area contributed by atoms with Crippen molar-refractivity contribution in [1.29, 1.82) is 0 Å². The molecule has 0 atom stereocenters. The van der Waals surface area contributed by atoms with Gasteiger partial charge in [0.25, 0.3) is 5.56 Å². The van der Waals surface area contributed by atoms with Gasteiger partial charge in [0.1, 0.15) is 41.7 Å². The lowest BCUT2D eigenvalue weighted by molar-refractivity contribution is 0.0695. The molecule has 0 saturated carbocycles. The lowest BCUT2D eigenvalue weighted by Gasteiger charge is -2.17. The van der Waals surface area contributed by atoms with Crippen LogP contribution in [0.2, 0.25) is 0 Å². The van der Waals surface area contributed by atoms with Crippen LogP contribution < -0.4 is 20.8 Å². The van der Waals surface area contributed by atoms with E-state index in [0.717, 1.165) is 0 Å². The van der Waals surface area contributed by atoms with Gasteiger partial charge in [-0.2, -0.15) is 0 Å². The van der Waals surface area contributed by atoms with Crippen LogP contribution in [0.1, 0.15) is 20.7 Å². The Bertz CT molecular complexity index is 1010. The van der Waals surface area contributed by atoms with Crippen LogP contribution in [0.25, 0.3) is 11.1 Å². The number of nitrogens with one attached hydrogen (secondary N) is 1. The minimum absolute atomic E-state index is 0.0430. The number of rotatable bonds is 9. The second kappa shape index (κ2) is 8.58. The van der Waals surface area contributed by atoms with E-state index in [9.17, 15) is 24.6 Å². The molecule has 5 N–H and O–H groups in total. The number of aromatic carboxylic acids is 2. The molecule has 0 spiro atoms. The normalized spacial score (nSPS) is 10.1. The fourth-order valence-electron chi connectivity index (χ4n) is 2.54. The van der Waals surface area contributed by atoms with Crippen LogP contribution in [0.3, 0.4) is 0 Å². The first-order chi connectivity index (χ1) is 13.3. The summed E-state index contributed by atoms with van der Waals surface area (Å²) in [6.07, 6.45) is 2.98. The number of carboxylic acid groups (broad SMARTS) is 2. The molecule has 1 aromatic heterocycles. The highest BCUT2D eigenvalue weighted by molar-refractivity contribution is 6.08. The number of H-pyrrole nitrogens is 1. The van der Waals surface area contributed by atoms with Crippen LogP contribution >= 0.6 is 0 Å². The van der Waals surface area contributed by atoms with Crippen molar-refractivity contribution in [3.8, 4) is 22.6 Å². The van der Waals surface area contributed by atoms with Crippen molar-refractivity contribution < 1.29 is 29.3 Å². The van der Waals surface area contributed by atoms with Crippen molar-refractivity contribution >= 4 is 17.8 Å². The molecule has 28 heavy (non-hydrogen) atoms. The number of ether oxygens (including phenoxy) is 2. The van der Waals surface area contributed by atoms with Crippen molar-refractivity contribution in [2.45, 2.75) is 0 Å². The summed E-state index contributed by atoms with van der Waals surface area (Å²) in [7, 11) is 0. The summed E-state index contributed by atoms with van der Waals surface area (Å²) in [5.74, 6) is -3.13. The molecule has 0 aliphatic rings. The van der Waals surface area contributed by atoms with Crippen molar-refractivity contribution in [2.24, 2.45) is 0 Å². The van der Waals surface area contributed by atoms with Gasteiger partial charge >= 0.3 is 11.9 Å². The highest BCUT2D eigenvalue weighted by Crippen LogP contribution is 2.38. The Morgan fingerprint density at radius 3 is 2.25 bits per heavy atom. The average molecular weight is 386 g/mol. The van der Waals surface area contributed by atoms with Crippen LogP contribution in [-0.4, -0.2) is 40.3 Å². The molecular formula is C19H18N2O7. The van der Waals surface area contributed by atoms with Gasteiger partial charge in [-0.15, -0.1) is 0 Å². The van der Waals surface area contributed by atoms with E-state index >= 15 is 0 Å². The second-order valence-electron chi connectivity index (χ2n) is 5.46. The molecule has 2 aromatic rings. The summed E-state index contributed by atoms with van der Waals surface area (Å²) in [5, 5.41) is 19.1. The Hall–Kier alpha value is -4.01. The smallest absolute Gasteiger partial charge is 0.342 e. The number of hydrogen-bond donors (Lipinski definition) is 4. The van der Waals surface area contributed by atoms with Crippen molar-refractivity contribution in [3.05, 3.63) is 65.0 Å². The zero-order chi connectivity index (χ0) is 20.8. The molecular weight excluding hydrogens is 368 g/mol. The third kappa shape index (κ3) is 4.04. The maximum atomic E-state index is 12.2. The number of benzene rings is 1. The Morgan fingerprint density at radius 2 is 1.68 bits per heavy atom. The fraction of sp³-hybridized carbons (Fsp3) is 0.105. The first-order valence-electron chi connectivity index (χ1n) is 7.95. The second-order valence-corrected chi connectivity index (χ2v) is 5.46. The van der Waals surface area contributed by atoms with Gasteiger partial charge in [-0.25, -0.2) is 9.59 Å². The first kappa shape index (κ1) is 20.3. The summed E-state index contributed by atoms with van der Waals surface area (Å²) in [5.41, 5.74) is 2.98. The SMILES string of the molecule is C=CCOc1ccc(-c2c(C(=O)O)c(N)[nH]c(=O)c2C(=O)O)c(OCC=C)c1. The molecule has 2 rings (SSSR count). The molecule has 9 heteroatoms. The summed E-state index contributed by atoms with van der Waals surface area (Å²) in [6, 6.07) is 4.31. The molecule has 0 fully saturated rings. The van der Waals surface area contributed by atoms with Crippen LogP contribution in [-0.2, 0) is 0 Å². The molecule has 0 bridgehead atoms. The van der Waals surface area contributed by atoms with Crippen LogP contribution in [0, 0.1) is 0 Å². The number of aromatic amines is 1. The van der Waals surface area contributed by atoms with Gasteiger partial charge in [0.15, 0.2) is 0 Å². The molecule has 146 valence electrons. The van der Waals surface area contributed by atoms with Gasteiger partial charge < -0.3 is 30.4 Å². The van der Waals surface area contributed by atoms with E-state index in [4.69, 9.17) is 15.2 Å². The van der Waals surface area contributed by atoms with Crippen molar-refractivity contribution in [2.75, 3.05) is 18.9 Å². The molecule has 0 aliphatic heterocycles. The molecule has 9 nitrogen and oxygen atoms in total.